The average Bonchev–Trinajstić information content (AvgIpc) is 2.51. The standard InChI is InChI=1S/C14H12N4O4S/c19-12-6-5-9(7-13(12)20)8-15-17-14(23)16-10-3-1-2-4-11(10)18(21)22/h1-8,19-20H,(H2,16,17,23)/b15-8+. The van der Waals surface area contributed by atoms with E-state index in [9.17, 15) is 20.3 Å². The van der Waals surface area contributed by atoms with E-state index in [1.807, 2.05) is 0 Å². The zero-order valence-corrected chi connectivity index (χ0v) is 12.4. The number of hydrogen-bond acceptors (Lipinski definition) is 6. The van der Waals surface area contributed by atoms with Gasteiger partial charge in [-0.15, -0.1) is 0 Å². The van der Waals surface area contributed by atoms with E-state index in [0.29, 0.717) is 5.56 Å². The third-order valence-corrected chi connectivity index (χ3v) is 2.92. The molecule has 8 nitrogen and oxygen atoms in total. The predicted molar refractivity (Wildman–Crippen MR) is 89.8 cm³/mol. The van der Waals surface area contributed by atoms with Gasteiger partial charge in [0.05, 0.1) is 11.1 Å². The van der Waals surface area contributed by atoms with Crippen LogP contribution in [0.25, 0.3) is 0 Å². The fourth-order valence-electron chi connectivity index (χ4n) is 1.68. The Kier molecular flexibility index (Phi) is 5.05. The van der Waals surface area contributed by atoms with Crippen molar-refractivity contribution in [1.82, 2.24) is 5.43 Å². The molecule has 0 bridgehead atoms. The van der Waals surface area contributed by atoms with Crippen molar-refractivity contribution in [3.8, 4) is 11.5 Å². The quantitative estimate of drug-likeness (QED) is 0.223. The number of phenolic OH excluding ortho intramolecular Hbond substituents is 2. The van der Waals surface area contributed by atoms with Crippen LogP contribution in [0.15, 0.2) is 47.6 Å². The fraction of sp³-hybridized carbons (Fsp3) is 0. The molecule has 0 unspecified atom stereocenters. The van der Waals surface area contributed by atoms with Gasteiger partial charge in [0.2, 0.25) is 0 Å². The Hall–Kier alpha value is -3.20. The summed E-state index contributed by atoms with van der Waals surface area (Å²) in [6, 6.07) is 10.2. The van der Waals surface area contributed by atoms with Gasteiger partial charge in [0.1, 0.15) is 5.69 Å². The molecule has 0 fully saturated rings. The van der Waals surface area contributed by atoms with Gasteiger partial charge in [0, 0.05) is 6.07 Å². The van der Waals surface area contributed by atoms with Crippen molar-refractivity contribution >= 4 is 34.9 Å². The zero-order chi connectivity index (χ0) is 16.8. The highest BCUT2D eigenvalue weighted by atomic mass is 32.1. The largest absolute Gasteiger partial charge is 0.504 e. The summed E-state index contributed by atoms with van der Waals surface area (Å²) >= 11 is 5.00. The first kappa shape index (κ1) is 16.2. The molecule has 0 spiro atoms. The number of rotatable bonds is 4. The molecule has 9 heteroatoms. The van der Waals surface area contributed by atoms with E-state index in [-0.39, 0.29) is 28.0 Å². The van der Waals surface area contributed by atoms with Crippen LogP contribution < -0.4 is 10.7 Å². The fourth-order valence-corrected chi connectivity index (χ4v) is 1.84. The molecule has 4 N–H and O–H groups in total. The van der Waals surface area contributed by atoms with Crippen LogP contribution in [0.4, 0.5) is 11.4 Å². The molecule has 2 aromatic rings. The number of phenols is 2. The number of nitrogens with one attached hydrogen (secondary N) is 2. The van der Waals surface area contributed by atoms with E-state index in [4.69, 9.17) is 12.2 Å². The lowest BCUT2D eigenvalue weighted by molar-refractivity contribution is -0.383. The number of hydrogen-bond donors (Lipinski definition) is 4. The van der Waals surface area contributed by atoms with Crippen molar-refractivity contribution in [2.45, 2.75) is 0 Å². The second-order valence-corrected chi connectivity index (χ2v) is 4.75. The van der Waals surface area contributed by atoms with Crippen LogP contribution in [-0.4, -0.2) is 26.5 Å². The average molecular weight is 332 g/mol. The number of para-hydroxylation sites is 2. The van der Waals surface area contributed by atoms with Gasteiger partial charge < -0.3 is 15.5 Å². The van der Waals surface area contributed by atoms with E-state index in [0.717, 1.165) is 0 Å². The lowest BCUT2D eigenvalue weighted by Crippen LogP contribution is -2.24. The highest BCUT2D eigenvalue weighted by molar-refractivity contribution is 7.80. The van der Waals surface area contributed by atoms with Crippen LogP contribution in [0.2, 0.25) is 0 Å². The minimum Gasteiger partial charge on any atom is -0.504 e. The Labute approximate surface area is 136 Å². The Balaban J connectivity index is 1.99. The number of nitro benzene ring substituents is 1. The maximum absolute atomic E-state index is 10.9. The van der Waals surface area contributed by atoms with Gasteiger partial charge in [-0.3, -0.25) is 15.5 Å². The molecule has 0 atom stereocenters. The Morgan fingerprint density at radius 3 is 2.65 bits per heavy atom. The Bertz CT molecular complexity index is 779. The van der Waals surface area contributed by atoms with Crippen LogP contribution in [0, 0.1) is 10.1 Å². The molecule has 0 saturated carbocycles. The van der Waals surface area contributed by atoms with Gasteiger partial charge >= 0.3 is 0 Å². The third kappa shape index (κ3) is 4.38. The van der Waals surface area contributed by atoms with Crippen LogP contribution in [-0.2, 0) is 0 Å². The normalized spacial score (nSPS) is 10.4. The summed E-state index contributed by atoms with van der Waals surface area (Å²) in [4.78, 5) is 10.4. The molecule has 0 aromatic heterocycles. The van der Waals surface area contributed by atoms with E-state index in [2.05, 4.69) is 15.8 Å². The van der Waals surface area contributed by atoms with Crippen LogP contribution in [0.3, 0.4) is 0 Å². The summed E-state index contributed by atoms with van der Waals surface area (Å²) in [5.41, 5.74) is 3.17. The molecular weight excluding hydrogens is 320 g/mol. The number of nitrogens with zero attached hydrogens (tertiary/aromatic N) is 2. The third-order valence-electron chi connectivity index (χ3n) is 2.73. The first-order chi connectivity index (χ1) is 11.0. The molecule has 0 saturated heterocycles. The molecule has 2 aromatic carbocycles. The van der Waals surface area contributed by atoms with Gasteiger partial charge in [0.15, 0.2) is 16.6 Å². The summed E-state index contributed by atoms with van der Waals surface area (Å²) in [6.07, 6.45) is 1.37. The van der Waals surface area contributed by atoms with Crippen LogP contribution >= 0.6 is 12.2 Å². The molecule has 0 aliphatic rings. The molecule has 2 rings (SSSR count). The van der Waals surface area contributed by atoms with Crippen molar-refractivity contribution in [2.75, 3.05) is 5.32 Å². The summed E-state index contributed by atoms with van der Waals surface area (Å²) in [6.45, 7) is 0. The van der Waals surface area contributed by atoms with Gasteiger partial charge in [-0.05, 0) is 42.0 Å². The minimum atomic E-state index is -0.520. The van der Waals surface area contributed by atoms with Crippen molar-refractivity contribution in [3.05, 3.63) is 58.1 Å². The molecule has 0 radical (unpaired) electrons. The van der Waals surface area contributed by atoms with Crippen molar-refractivity contribution in [1.29, 1.82) is 0 Å². The zero-order valence-electron chi connectivity index (χ0n) is 11.6. The summed E-state index contributed by atoms with van der Waals surface area (Å²) in [5, 5.41) is 36.0. The predicted octanol–water partition coefficient (Wildman–Crippen LogP) is 2.33. The van der Waals surface area contributed by atoms with Crippen molar-refractivity contribution in [2.24, 2.45) is 5.10 Å². The van der Waals surface area contributed by atoms with E-state index in [1.165, 1.54) is 30.5 Å². The number of thiocarbonyl (C=S) groups is 1. The number of nitro groups is 1. The lowest BCUT2D eigenvalue weighted by Gasteiger charge is -2.07. The summed E-state index contributed by atoms with van der Waals surface area (Å²) in [7, 11) is 0. The lowest BCUT2D eigenvalue weighted by atomic mass is 10.2. The highest BCUT2D eigenvalue weighted by Crippen LogP contribution is 2.24. The van der Waals surface area contributed by atoms with Gasteiger partial charge in [-0.2, -0.15) is 5.10 Å². The van der Waals surface area contributed by atoms with E-state index >= 15 is 0 Å². The highest BCUT2D eigenvalue weighted by Gasteiger charge is 2.12. The number of anilines is 1. The van der Waals surface area contributed by atoms with Crippen molar-refractivity contribution < 1.29 is 15.1 Å². The second kappa shape index (κ2) is 7.18. The molecule has 118 valence electrons. The van der Waals surface area contributed by atoms with Crippen LogP contribution in [0.5, 0.6) is 11.5 Å². The first-order valence-corrected chi connectivity index (χ1v) is 6.73. The Morgan fingerprint density at radius 1 is 1.22 bits per heavy atom. The minimum absolute atomic E-state index is 0.0681. The second-order valence-electron chi connectivity index (χ2n) is 4.35. The molecule has 0 aliphatic heterocycles. The number of benzene rings is 2. The molecule has 0 amide bonds. The van der Waals surface area contributed by atoms with Gasteiger partial charge in [-0.25, -0.2) is 0 Å². The maximum atomic E-state index is 10.9. The van der Waals surface area contributed by atoms with E-state index < -0.39 is 4.92 Å². The monoisotopic (exact) mass is 332 g/mol. The molecular formula is C14H12N4O4S. The first-order valence-electron chi connectivity index (χ1n) is 6.33. The van der Waals surface area contributed by atoms with E-state index in [1.54, 1.807) is 18.2 Å². The maximum Gasteiger partial charge on any atom is 0.292 e. The smallest absolute Gasteiger partial charge is 0.292 e. The Morgan fingerprint density at radius 2 is 1.96 bits per heavy atom. The van der Waals surface area contributed by atoms with Crippen molar-refractivity contribution in [3.63, 3.8) is 0 Å². The number of hydrazone groups is 1. The summed E-state index contributed by atoms with van der Waals surface area (Å²) < 4.78 is 0. The summed E-state index contributed by atoms with van der Waals surface area (Å²) in [5.74, 6) is -0.502. The van der Waals surface area contributed by atoms with Gasteiger partial charge in [0.25, 0.3) is 5.69 Å². The number of aromatic hydroxyl groups is 2. The molecule has 0 aliphatic carbocycles. The van der Waals surface area contributed by atoms with Crippen LogP contribution in [0.1, 0.15) is 5.56 Å². The molecule has 23 heavy (non-hydrogen) atoms. The molecule has 0 heterocycles. The topological polar surface area (TPSA) is 120 Å². The SMILES string of the molecule is O=[N+]([O-])c1ccccc1NC(=S)N/N=C/c1ccc(O)c(O)c1. The van der Waals surface area contributed by atoms with Gasteiger partial charge in [-0.1, -0.05) is 12.1 Å².